The molecule has 164 valence electrons. The number of rotatable bonds is 6. The molecule has 0 aliphatic heterocycles. The third-order valence-corrected chi connectivity index (χ3v) is 4.88. The van der Waals surface area contributed by atoms with E-state index in [0.29, 0.717) is 22.4 Å². The Morgan fingerprint density at radius 1 is 1.16 bits per heavy atom. The molecule has 0 saturated heterocycles. The van der Waals surface area contributed by atoms with Gasteiger partial charge in [-0.1, -0.05) is 12.1 Å². The summed E-state index contributed by atoms with van der Waals surface area (Å²) in [5, 5.41) is 21.2. The zero-order valence-electron chi connectivity index (χ0n) is 17.8. The Morgan fingerprint density at radius 3 is 2.69 bits per heavy atom. The second-order valence-corrected chi connectivity index (χ2v) is 7.85. The number of carbonyl (C=O) groups excluding carboxylic acids is 1. The molecule has 4 aromatic rings. The van der Waals surface area contributed by atoms with Gasteiger partial charge < -0.3 is 15.2 Å². The SMILES string of the molecule is Cn1nc2ccc(Oc3ncccc3C(=O)NCc3ccc(C(C)(C)O)cc3F)cc2n1. The first-order valence-corrected chi connectivity index (χ1v) is 9.94. The van der Waals surface area contributed by atoms with Gasteiger partial charge in [-0.05, 0) is 49.7 Å². The van der Waals surface area contributed by atoms with Gasteiger partial charge in [-0.3, -0.25) is 4.79 Å². The summed E-state index contributed by atoms with van der Waals surface area (Å²) in [6.45, 7) is 3.13. The lowest BCUT2D eigenvalue weighted by Gasteiger charge is -2.18. The van der Waals surface area contributed by atoms with Crippen LogP contribution in [0, 0.1) is 5.82 Å². The van der Waals surface area contributed by atoms with Crippen LogP contribution in [0.3, 0.4) is 0 Å². The van der Waals surface area contributed by atoms with Crippen LogP contribution in [0.1, 0.15) is 35.3 Å². The first-order chi connectivity index (χ1) is 15.2. The predicted molar refractivity (Wildman–Crippen MR) is 116 cm³/mol. The molecular formula is C23H22FN5O3. The highest BCUT2D eigenvalue weighted by atomic mass is 19.1. The molecule has 32 heavy (non-hydrogen) atoms. The van der Waals surface area contributed by atoms with Crippen molar-refractivity contribution >= 4 is 16.9 Å². The van der Waals surface area contributed by atoms with Crippen molar-refractivity contribution in [3.05, 3.63) is 77.2 Å². The summed E-state index contributed by atoms with van der Waals surface area (Å²) in [5.74, 6) is -0.394. The molecule has 0 saturated carbocycles. The van der Waals surface area contributed by atoms with Gasteiger partial charge in [0, 0.05) is 31.4 Å². The Bertz CT molecular complexity index is 1300. The van der Waals surface area contributed by atoms with Crippen molar-refractivity contribution in [2.24, 2.45) is 7.05 Å². The Labute approximate surface area is 183 Å². The molecule has 1 amide bonds. The number of carbonyl (C=O) groups is 1. The average molecular weight is 435 g/mol. The lowest BCUT2D eigenvalue weighted by Crippen LogP contribution is -2.24. The number of nitrogens with one attached hydrogen (secondary N) is 1. The molecule has 0 atom stereocenters. The largest absolute Gasteiger partial charge is 0.438 e. The van der Waals surface area contributed by atoms with Gasteiger partial charge in [-0.25, -0.2) is 9.37 Å². The second-order valence-electron chi connectivity index (χ2n) is 7.85. The van der Waals surface area contributed by atoms with Crippen molar-refractivity contribution in [2.45, 2.75) is 26.0 Å². The van der Waals surface area contributed by atoms with E-state index in [2.05, 4.69) is 20.5 Å². The number of aromatic nitrogens is 4. The normalized spacial score (nSPS) is 11.5. The Morgan fingerprint density at radius 2 is 1.94 bits per heavy atom. The van der Waals surface area contributed by atoms with Gasteiger partial charge in [0.05, 0.1) is 5.60 Å². The van der Waals surface area contributed by atoms with Crippen LogP contribution in [-0.4, -0.2) is 31.0 Å². The maximum atomic E-state index is 14.4. The van der Waals surface area contributed by atoms with E-state index in [-0.39, 0.29) is 18.0 Å². The molecule has 0 aliphatic carbocycles. The number of hydrogen-bond donors (Lipinski definition) is 2. The van der Waals surface area contributed by atoms with Crippen molar-refractivity contribution in [3.8, 4) is 11.6 Å². The van der Waals surface area contributed by atoms with Crippen molar-refractivity contribution in [1.82, 2.24) is 25.3 Å². The highest BCUT2D eigenvalue weighted by Crippen LogP contribution is 2.26. The highest BCUT2D eigenvalue weighted by molar-refractivity contribution is 5.96. The van der Waals surface area contributed by atoms with Gasteiger partial charge in [0.25, 0.3) is 5.91 Å². The molecule has 0 radical (unpaired) electrons. The summed E-state index contributed by atoms with van der Waals surface area (Å²) in [5.41, 5.74) is 1.17. The van der Waals surface area contributed by atoms with Crippen LogP contribution < -0.4 is 10.1 Å². The van der Waals surface area contributed by atoms with Gasteiger partial charge in [-0.2, -0.15) is 15.0 Å². The smallest absolute Gasteiger partial charge is 0.257 e. The first kappa shape index (κ1) is 21.4. The second kappa shape index (κ2) is 8.35. The summed E-state index contributed by atoms with van der Waals surface area (Å²) >= 11 is 0. The molecule has 0 unspecified atom stereocenters. The number of halogens is 1. The van der Waals surface area contributed by atoms with Crippen LogP contribution in [-0.2, 0) is 19.2 Å². The fourth-order valence-corrected chi connectivity index (χ4v) is 3.16. The Balaban J connectivity index is 1.50. The van der Waals surface area contributed by atoms with E-state index in [9.17, 15) is 14.3 Å². The van der Waals surface area contributed by atoms with Crippen LogP contribution in [0.2, 0.25) is 0 Å². The third-order valence-electron chi connectivity index (χ3n) is 4.88. The van der Waals surface area contributed by atoms with Crippen molar-refractivity contribution in [1.29, 1.82) is 0 Å². The van der Waals surface area contributed by atoms with Crippen LogP contribution in [0.15, 0.2) is 54.7 Å². The molecule has 2 aromatic carbocycles. The summed E-state index contributed by atoms with van der Waals surface area (Å²) < 4.78 is 20.2. The minimum absolute atomic E-state index is 0.0310. The quantitative estimate of drug-likeness (QED) is 0.481. The third kappa shape index (κ3) is 4.57. The number of pyridine rings is 1. The molecule has 9 heteroatoms. The molecule has 0 bridgehead atoms. The number of aliphatic hydroxyl groups is 1. The maximum Gasteiger partial charge on any atom is 0.257 e. The maximum absolute atomic E-state index is 14.4. The summed E-state index contributed by atoms with van der Waals surface area (Å²) in [6.07, 6.45) is 1.52. The monoisotopic (exact) mass is 435 g/mol. The van der Waals surface area contributed by atoms with Crippen LogP contribution >= 0.6 is 0 Å². The fourth-order valence-electron chi connectivity index (χ4n) is 3.16. The lowest BCUT2D eigenvalue weighted by molar-refractivity contribution is 0.0781. The Hall–Kier alpha value is -3.85. The summed E-state index contributed by atoms with van der Waals surface area (Å²) in [7, 11) is 1.72. The summed E-state index contributed by atoms with van der Waals surface area (Å²) in [6, 6.07) is 12.8. The van der Waals surface area contributed by atoms with Gasteiger partial charge >= 0.3 is 0 Å². The van der Waals surface area contributed by atoms with Crippen molar-refractivity contribution in [3.63, 3.8) is 0 Å². The molecule has 2 aromatic heterocycles. The van der Waals surface area contributed by atoms with Gasteiger partial charge in [0.15, 0.2) is 0 Å². The van der Waals surface area contributed by atoms with E-state index in [1.54, 1.807) is 63.4 Å². The van der Waals surface area contributed by atoms with E-state index in [4.69, 9.17) is 4.74 Å². The van der Waals surface area contributed by atoms with Gasteiger partial charge in [0.1, 0.15) is 28.2 Å². The Kier molecular flexibility index (Phi) is 5.58. The van der Waals surface area contributed by atoms with E-state index in [1.165, 1.54) is 17.1 Å². The topological polar surface area (TPSA) is 102 Å². The van der Waals surface area contributed by atoms with Gasteiger partial charge in [-0.15, -0.1) is 0 Å². The molecule has 2 N–H and O–H groups in total. The fraction of sp³-hybridized carbons (Fsp3) is 0.217. The molecule has 2 heterocycles. The zero-order valence-corrected chi connectivity index (χ0v) is 17.8. The standard InChI is InChI=1S/C23H22FN5O3/c1-23(2,31)15-7-6-14(18(24)11-15)13-26-21(30)17-5-4-10-25-22(17)32-16-8-9-19-20(12-16)28-29(3)27-19/h4-12,31H,13H2,1-3H3,(H,26,30). The van der Waals surface area contributed by atoms with Crippen molar-refractivity contribution < 1.29 is 19.0 Å². The molecule has 0 fully saturated rings. The number of ether oxygens (including phenoxy) is 1. The number of amides is 1. The molecule has 0 aliphatic rings. The van der Waals surface area contributed by atoms with E-state index >= 15 is 0 Å². The number of benzene rings is 2. The number of aryl methyl sites for hydroxylation is 1. The minimum atomic E-state index is -1.15. The van der Waals surface area contributed by atoms with E-state index in [0.717, 1.165) is 5.52 Å². The number of nitrogens with zero attached hydrogens (tertiary/aromatic N) is 4. The van der Waals surface area contributed by atoms with Gasteiger partial charge in [0.2, 0.25) is 5.88 Å². The number of hydrogen-bond acceptors (Lipinski definition) is 6. The van der Waals surface area contributed by atoms with E-state index < -0.39 is 17.3 Å². The highest BCUT2D eigenvalue weighted by Gasteiger charge is 2.19. The number of fused-ring (bicyclic) bond motifs is 1. The minimum Gasteiger partial charge on any atom is -0.438 e. The predicted octanol–water partition coefficient (Wildman–Crippen LogP) is 3.45. The van der Waals surface area contributed by atoms with Crippen molar-refractivity contribution in [2.75, 3.05) is 0 Å². The first-order valence-electron chi connectivity index (χ1n) is 9.94. The van der Waals surface area contributed by atoms with Crippen LogP contribution in [0.5, 0.6) is 11.6 Å². The molecule has 0 spiro atoms. The lowest BCUT2D eigenvalue weighted by atomic mass is 9.97. The molecule has 4 rings (SSSR count). The zero-order chi connectivity index (χ0) is 22.9. The van der Waals surface area contributed by atoms with Crippen LogP contribution in [0.25, 0.3) is 11.0 Å². The summed E-state index contributed by atoms with van der Waals surface area (Å²) in [4.78, 5) is 18.4. The molecular weight excluding hydrogens is 413 g/mol. The van der Waals surface area contributed by atoms with E-state index in [1.807, 2.05) is 0 Å². The van der Waals surface area contributed by atoms with Crippen LogP contribution in [0.4, 0.5) is 4.39 Å². The average Bonchev–Trinajstić information content (AvgIpc) is 3.11. The molecule has 8 nitrogen and oxygen atoms in total.